The molecule has 0 aromatic heterocycles. The molecule has 1 atom stereocenters. The van der Waals surface area contributed by atoms with E-state index in [2.05, 4.69) is 92.6 Å². The van der Waals surface area contributed by atoms with E-state index in [1.165, 1.54) is 49.0 Å². The summed E-state index contributed by atoms with van der Waals surface area (Å²) < 4.78 is 0. The minimum Gasteiger partial charge on any atom is -0.315 e. The molecule has 0 radical (unpaired) electrons. The molecule has 0 aliphatic carbocycles. The first-order chi connectivity index (χ1) is 13.4. The van der Waals surface area contributed by atoms with Crippen LogP contribution in [0.4, 0.5) is 0 Å². The lowest BCUT2D eigenvalue weighted by atomic mass is 9.86. The number of nitrogens with one attached hydrogen (secondary N) is 1. The Morgan fingerprint density at radius 2 is 1.50 bits per heavy atom. The number of likely N-dealkylation sites (N-methyl/N-ethyl adjacent to an activating group) is 1. The average molecular weight is 452 g/mol. The number of benzene rings is 2. The number of nitrogens with zero attached hydrogens (tertiary/aromatic N) is 1. The smallest absolute Gasteiger partial charge is 0.0232 e. The predicted molar refractivity (Wildman–Crippen MR) is 135 cm³/mol. The Hall–Kier alpha value is -1.06. The average Bonchev–Trinajstić information content (AvgIpc) is 2.69. The zero-order valence-electron chi connectivity index (χ0n) is 19.1. The number of rotatable bonds is 7. The molecule has 168 valence electrons. The van der Waals surface area contributed by atoms with Crippen molar-refractivity contribution in [1.29, 1.82) is 0 Å². The van der Waals surface area contributed by atoms with Gasteiger partial charge >= 0.3 is 0 Å². The Bertz CT molecular complexity index is 702. The highest BCUT2D eigenvalue weighted by Crippen LogP contribution is 2.24. The summed E-state index contributed by atoms with van der Waals surface area (Å²) in [6.45, 7) is 10.5. The Morgan fingerprint density at radius 3 is 2.03 bits per heavy atom. The molecule has 2 aromatic rings. The molecule has 1 heterocycles. The van der Waals surface area contributed by atoms with Gasteiger partial charge in [-0.05, 0) is 73.8 Å². The monoisotopic (exact) mass is 450 g/mol. The molecule has 1 saturated heterocycles. The first-order valence-corrected chi connectivity index (χ1v) is 11.0. The maximum absolute atomic E-state index is 3.55. The van der Waals surface area contributed by atoms with Crippen LogP contribution in [0.3, 0.4) is 0 Å². The van der Waals surface area contributed by atoms with Gasteiger partial charge in [0, 0.05) is 12.6 Å². The topological polar surface area (TPSA) is 15.3 Å². The zero-order chi connectivity index (χ0) is 20.0. The molecular formula is C26H40Cl2N2. The van der Waals surface area contributed by atoms with Crippen molar-refractivity contribution >= 4 is 24.8 Å². The highest BCUT2D eigenvalue weighted by atomic mass is 35.5. The van der Waals surface area contributed by atoms with E-state index in [4.69, 9.17) is 0 Å². The van der Waals surface area contributed by atoms with Crippen molar-refractivity contribution in [3.05, 3.63) is 71.3 Å². The first kappa shape index (κ1) is 27.0. The van der Waals surface area contributed by atoms with E-state index in [-0.39, 0.29) is 30.2 Å². The molecule has 2 aromatic carbocycles. The van der Waals surface area contributed by atoms with Crippen molar-refractivity contribution in [2.24, 2.45) is 5.92 Å². The number of halogens is 2. The predicted octanol–water partition coefficient (Wildman–Crippen LogP) is 5.91. The van der Waals surface area contributed by atoms with E-state index >= 15 is 0 Å². The van der Waals surface area contributed by atoms with E-state index in [0.717, 1.165) is 18.9 Å². The lowest BCUT2D eigenvalue weighted by molar-refractivity contribution is 0.169. The molecule has 2 nitrogen and oxygen atoms in total. The van der Waals surface area contributed by atoms with Crippen LogP contribution >= 0.6 is 24.8 Å². The van der Waals surface area contributed by atoms with E-state index < -0.39 is 0 Å². The third kappa shape index (κ3) is 8.23. The van der Waals surface area contributed by atoms with Crippen molar-refractivity contribution < 1.29 is 0 Å². The van der Waals surface area contributed by atoms with Crippen LogP contribution in [0.25, 0.3) is 0 Å². The number of hydrogen-bond donors (Lipinski definition) is 1. The molecule has 3 rings (SSSR count). The molecule has 0 spiro atoms. The highest BCUT2D eigenvalue weighted by Gasteiger charge is 2.22. The molecule has 1 N–H and O–H groups in total. The van der Waals surface area contributed by atoms with Gasteiger partial charge in [-0.1, -0.05) is 75.4 Å². The second kappa shape index (κ2) is 12.7. The van der Waals surface area contributed by atoms with Gasteiger partial charge < -0.3 is 10.2 Å². The summed E-state index contributed by atoms with van der Waals surface area (Å²) in [7, 11) is 2.11. The van der Waals surface area contributed by atoms with Gasteiger partial charge in [-0.3, -0.25) is 0 Å². The minimum absolute atomic E-state index is 0. The lowest BCUT2D eigenvalue weighted by Crippen LogP contribution is -2.44. The fourth-order valence-corrected chi connectivity index (χ4v) is 4.32. The number of likely N-dealkylation sites (tertiary alicyclic amines) is 1. The van der Waals surface area contributed by atoms with Crippen molar-refractivity contribution in [2.45, 2.75) is 57.9 Å². The summed E-state index contributed by atoms with van der Waals surface area (Å²) in [6, 6.07) is 20.7. The molecule has 0 bridgehead atoms. The Kier molecular flexibility index (Phi) is 11.4. The molecule has 1 fully saturated rings. The van der Waals surface area contributed by atoms with Crippen LogP contribution in [0.2, 0.25) is 0 Å². The largest absolute Gasteiger partial charge is 0.315 e. The minimum atomic E-state index is 0. The highest BCUT2D eigenvalue weighted by molar-refractivity contribution is 5.85. The van der Waals surface area contributed by atoms with Gasteiger partial charge in [-0.2, -0.15) is 0 Å². The second-order valence-electron chi connectivity index (χ2n) is 9.57. The Balaban J connectivity index is 0.00000225. The van der Waals surface area contributed by atoms with Crippen LogP contribution in [-0.2, 0) is 18.3 Å². The normalized spacial score (nSPS) is 16.4. The van der Waals surface area contributed by atoms with Crippen LogP contribution in [-0.4, -0.2) is 37.6 Å². The number of piperidine rings is 1. The van der Waals surface area contributed by atoms with Gasteiger partial charge in [0.25, 0.3) is 0 Å². The molecular weight excluding hydrogens is 411 g/mol. The summed E-state index contributed by atoms with van der Waals surface area (Å²) in [5.41, 5.74) is 4.57. The molecule has 30 heavy (non-hydrogen) atoms. The van der Waals surface area contributed by atoms with Crippen molar-refractivity contribution in [3.63, 3.8) is 0 Å². The van der Waals surface area contributed by atoms with Crippen LogP contribution < -0.4 is 5.32 Å². The zero-order valence-corrected chi connectivity index (χ0v) is 20.7. The fourth-order valence-electron chi connectivity index (χ4n) is 4.32. The third-order valence-corrected chi connectivity index (χ3v) is 6.26. The van der Waals surface area contributed by atoms with E-state index in [0.29, 0.717) is 6.04 Å². The van der Waals surface area contributed by atoms with Gasteiger partial charge in [0.2, 0.25) is 0 Å². The van der Waals surface area contributed by atoms with E-state index in [1.54, 1.807) is 0 Å². The van der Waals surface area contributed by atoms with Crippen LogP contribution in [0.15, 0.2) is 54.6 Å². The van der Waals surface area contributed by atoms with Crippen LogP contribution in [0.5, 0.6) is 0 Å². The van der Waals surface area contributed by atoms with Gasteiger partial charge in [0.1, 0.15) is 0 Å². The van der Waals surface area contributed by atoms with E-state index in [1.807, 2.05) is 0 Å². The molecule has 1 unspecified atom stereocenters. The maximum atomic E-state index is 3.55. The SMILES string of the molecule is CNC(Cc1ccc(C(C)(C)C)cc1)CN1CCC(Cc2ccccc2)CC1.Cl.Cl. The molecule has 0 saturated carbocycles. The van der Waals surface area contributed by atoms with Crippen LogP contribution in [0.1, 0.15) is 50.3 Å². The van der Waals surface area contributed by atoms with Gasteiger partial charge in [0.15, 0.2) is 0 Å². The Morgan fingerprint density at radius 1 is 0.900 bits per heavy atom. The van der Waals surface area contributed by atoms with Gasteiger partial charge in [0.05, 0.1) is 0 Å². The molecule has 1 aliphatic rings. The van der Waals surface area contributed by atoms with Gasteiger partial charge in [-0.15, -0.1) is 24.8 Å². The summed E-state index contributed by atoms with van der Waals surface area (Å²) >= 11 is 0. The first-order valence-electron chi connectivity index (χ1n) is 11.0. The van der Waals surface area contributed by atoms with Crippen LogP contribution in [0, 0.1) is 5.92 Å². The lowest BCUT2D eigenvalue weighted by Gasteiger charge is -2.34. The van der Waals surface area contributed by atoms with E-state index in [9.17, 15) is 0 Å². The van der Waals surface area contributed by atoms with Gasteiger partial charge in [-0.25, -0.2) is 0 Å². The number of hydrogen-bond acceptors (Lipinski definition) is 2. The summed E-state index contributed by atoms with van der Waals surface area (Å²) in [5, 5.41) is 3.55. The molecule has 0 amide bonds. The summed E-state index contributed by atoms with van der Waals surface area (Å²) in [4.78, 5) is 2.66. The third-order valence-electron chi connectivity index (χ3n) is 6.26. The summed E-state index contributed by atoms with van der Waals surface area (Å²) in [5.74, 6) is 0.844. The molecule has 4 heteroatoms. The van der Waals surface area contributed by atoms with Crippen molar-refractivity contribution in [1.82, 2.24) is 10.2 Å². The second-order valence-corrected chi connectivity index (χ2v) is 9.57. The molecule has 1 aliphatic heterocycles. The fraction of sp³-hybridized carbons (Fsp3) is 0.538. The maximum Gasteiger partial charge on any atom is 0.0232 e. The standard InChI is InChI=1S/C26H38N2.2ClH/c1-26(2,3)24-12-10-22(11-13-24)19-25(27-4)20-28-16-14-23(15-17-28)18-21-8-6-5-7-9-21;;/h5-13,23,25,27H,14-20H2,1-4H3;2*1H. The quantitative estimate of drug-likeness (QED) is 0.563. The van der Waals surface area contributed by atoms with Crippen molar-refractivity contribution in [2.75, 3.05) is 26.7 Å². The Labute approximate surface area is 196 Å². The van der Waals surface area contributed by atoms with Crippen molar-refractivity contribution in [3.8, 4) is 0 Å². The summed E-state index contributed by atoms with van der Waals surface area (Å²) in [6.07, 6.45) is 4.99.